The van der Waals surface area contributed by atoms with E-state index in [4.69, 9.17) is 10.5 Å². The molecule has 0 unspecified atom stereocenters. The van der Waals surface area contributed by atoms with E-state index in [1.807, 2.05) is 0 Å². The number of nitrogens with zero attached hydrogens (tertiary/aromatic N) is 1. The molecular formula is C10H12N2O4. The van der Waals surface area contributed by atoms with E-state index in [0.717, 1.165) is 5.56 Å². The van der Waals surface area contributed by atoms with E-state index in [9.17, 15) is 14.9 Å². The van der Waals surface area contributed by atoms with Crippen LogP contribution in [0.15, 0.2) is 12.1 Å². The Hall–Kier alpha value is -2.11. The summed E-state index contributed by atoms with van der Waals surface area (Å²) in [5, 5.41) is 10.7. The summed E-state index contributed by atoms with van der Waals surface area (Å²) in [7, 11) is 0. The molecule has 2 N–H and O–H groups in total. The fourth-order valence-corrected chi connectivity index (χ4v) is 1.32. The topological polar surface area (TPSA) is 95.5 Å². The van der Waals surface area contributed by atoms with Crippen molar-refractivity contribution in [2.45, 2.75) is 13.8 Å². The van der Waals surface area contributed by atoms with Crippen molar-refractivity contribution in [3.63, 3.8) is 0 Å². The number of carbonyl (C=O) groups is 1. The zero-order valence-corrected chi connectivity index (χ0v) is 9.02. The molecule has 1 rings (SSSR count). The summed E-state index contributed by atoms with van der Waals surface area (Å²) in [5.41, 5.74) is 6.16. The second-order valence-corrected chi connectivity index (χ2v) is 3.42. The van der Waals surface area contributed by atoms with Gasteiger partial charge in [-0.2, -0.15) is 0 Å². The third-order valence-electron chi connectivity index (χ3n) is 2.06. The van der Waals surface area contributed by atoms with Gasteiger partial charge >= 0.3 is 0 Å². The number of benzene rings is 1. The normalized spacial score (nSPS) is 9.88. The average molecular weight is 224 g/mol. The second-order valence-electron chi connectivity index (χ2n) is 3.42. The van der Waals surface area contributed by atoms with Crippen molar-refractivity contribution in [3.8, 4) is 5.75 Å². The number of hydrogen-bond donors (Lipinski definition) is 1. The van der Waals surface area contributed by atoms with Crippen LogP contribution in [-0.4, -0.2) is 17.4 Å². The van der Waals surface area contributed by atoms with E-state index < -0.39 is 10.8 Å². The Morgan fingerprint density at radius 1 is 1.44 bits per heavy atom. The number of aryl methyl sites for hydroxylation is 2. The van der Waals surface area contributed by atoms with Gasteiger partial charge in [-0.15, -0.1) is 0 Å². The lowest BCUT2D eigenvalue weighted by molar-refractivity contribution is -0.385. The second kappa shape index (κ2) is 4.61. The van der Waals surface area contributed by atoms with Gasteiger partial charge in [0, 0.05) is 5.56 Å². The first kappa shape index (κ1) is 12.0. The van der Waals surface area contributed by atoms with Crippen LogP contribution in [0.2, 0.25) is 0 Å². The van der Waals surface area contributed by atoms with Gasteiger partial charge in [-0.25, -0.2) is 0 Å². The van der Waals surface area contributed by atoms with E-state index in [1.54, 1.807) is 19.9 Å². The summed E-state index contributed by atoms with van der Waals surface area (Å²) in [5.74, 6) is -0.321. The Morgan fingerprint density at radius 2 is 2.06 bits per heavy atom. The van der Waals surface area contributed by atoms with E-state index in [0.29, 0.717) is 11.3 Å². The highest BCUT2D eigenvalue weighted by molar-refractivity contribution is 5.75. The van der Waals surface area contributed by atoms with Gasteiger partial charge in [0.2, 0.25) is 0 Å². The molecule has 0 aliphatic heterocycles. The fourth-order valence-electron chi connectivity index (χ4n) is 1.32. The number of nitro groups is 1. The molecule has 0 atom stereocenters. The molecule has 0 aromatic heterocycles. The van der Waals surface area contributed by atoms with Crippen molar-refractivity contribution < 1.29 is 14.5 Å². The van der Waals surface area contributed by atoms with Crippen molar-refractivity contribution in [2.24, 2.45) is 5.73 Å². The standard InChI is InChI=1S/C10H12N2O4/c1-6-3-7(2)9(16-5-10(11)13)4-8(6)12(14)15/h3-4H,5H2,1-2H3,(H2,11,13). The summed E-state index contributed by atoms with van der Waals surface area (Å²) < 4.78 is 5.07. The van der Waals surface area contributed by atoms with Crippen LogP contribution in [0.5, 0.6) is 5.75 Å². The molecule has 1 amide bonds. The quantitative estimate of drug-likeness (QED) is 0.611. The third kappa shape index (κ3) is 2.69. The number of ether oxygens (including phenoxy) is 1. The highest BCUT2D eigenvalue weighted by atomic mass is 16.6. The van der Waals surface area contributed by atoms with Gasteiger partial charge in [0.1, 0.15) is 5.75 Å². The number of nitro benzene ring substituents is 1. The minimum Gasteiger partial charge on any atom is -0.483 e. The lowest BCUT2D eigenvalue weighted by Crippen LogP contribution is -2.20. The first-order chi connectivity index (χ1) is 7.41. The lowest BCUT2D eigenvalue weighted by atomic mass is 10.1. The van der Waals surface area contributed by atoms with Crippen molar-refractivity contribution >= 4 is 11.6 Å². The molecule has 0 aliphatic carbocycles. The Bertz CT molecular complexity index is 443. The number of primary amides is 1. The van der Waals surface area contributed by atoms with Crippen LogP contribution < -0.4 is 10.5 Å². The van der Waals surface area contributed by atoms with Gasteiger partial charge in [0.25, 0.3) is 11.6 Å². The van der Waals surface area contributed by atoms with Crippen LogP contribution >= 0.6 is 0 Å². The molecule has 0 fully saturated rings. The van der Waals surface area contributed by atoms with Gasteiger partial charge in [0.15, 0.2) is 6.61 Å². The average Bonchev–Trinajstić information content (AvgIpc) is 2.15. The zero-order valence-electron chi connectivity index (χ0n) is 9.02. The summed E-state index contributed by atoms with van der Waals surface area (Å²) in [6.07, 6.45) is 0. The number of carbonyl (C=O) groups excluding carboxylic acids is 1. The molecular weight excluding hydrogens is 212 g/mol. The number of nitrogens with two attached hydrogens (primary N) is 1. The lowest BCUT2D eigenvalue weighted by Gasteiger charge is -2.08. The van der Waals surface area contributed by atoms with Crippen molar-refractivity contribution in [2.75, 3.05) is 6.61 Å². The molecule has 0 saturated heterocycles. The smallest absolute Gasteiger partial charge is 0.276 e. The molecule has 0 saturated carbocycles. The van der Waals surface area contributed by atoms with Gasteiger partial charge in [-0.05, 0) is 25.5 Å². The maximum Gasteiger partial charge on any atom is 0.276 e. The van der Waals surface area contributed by atoms with Crippen LogP contribution in [0.25, 0.3) is 0 Å². The molecule has 6 nitrogen and oxygen atoms in total. The Balaban J connectivity index is 3.05. The Labute approximate surface area is 92.2 Å². The minimum atomic E-state index is -0.623. The Morgan fingerprint density at radius 3 is 2.56 bits per heavy atom. The molecule has 0 aliphatic rings. The maximum atomic E-state index is 10.7. The number of rotatable bonds is 4. The SMILES string of the molecule is Cc1cc(C)c([N+](=O)[O-])cc1OCC(N)=O. The third-order valence-corrected chi connectivity index (χ3v) is 2.06. The van der Waals surface area contributed by atoms with E-state index in [-0.39, 0.29) is 12.3 Å². The predicted octanol–water partition coefficient (Wildman–Crippen LogP) is 1.08. The van der Waals surface area contributed by atoms with E-state index in [1.165, 1.54) is 6.07 Å². The first-order valence-corrected chi connectivity index (χ1v) is 4.58. The highest BCUT2D eigenvalue weighted by Crippen LogP contribution is 2.27. The maximum absolute atomic E-state index is 10.7. The molecule has 0 spiro atoms. The van der Waals surface area contributed by atoms with Crippen LogP contribution in [0.1, 0.15) is 11.1 Å². The monoisotopic (exact) mass is 224 g/mol. The number of hydrogen-bond acceptors (Lipinski definition) is 4. The molecule has 0 radical (unpaired) electrons. The molecule has 86 valence electrons. The van der Waals surface area contributed by atoms with Crippen molar-refractivity contribution in [1.82, 2.24) is 0 Å². The van der Waals surface area contributed by atoms with Gasteiger partial charge in [-0.1, -0.05) is 0 Å². The van der Waals surface area contributed by atoms with Crippen LogP contribution in [-0.2, 0) is 4.79 Å². The summed E-state index contributed by atoms with van der Waals surface area (Å²) in [4.78, 5) is 20.7. The minimum absolute atomic E-state index is 0.0370. The predicted molar refractivity (Wildman–Crippen MR) is 57.3 cm³/mol. The first-order valence-electron chi connectivity index (χ1n) is 4.58. The van der Waals surface area contributed by atoms with Crippen LogP contribution in [0.4, 0.5) is 5.69 Å². The van der Waals surface area contributed by atoms with Gasteiger partial charge in [-0.3, -0.25) is 14.9 Å². The van der Waals surface area contributed by atoms with Crippen molar-refractivity contribution in [3.05, 3.63) is 33.4 Å². The van der Waals surface area contributed by atoms with E-state index >= 15 is 0 Å². The zero-order chi connectivity index (χ0) is 12.3. The highest BCUT2D eigenvalue weighted by Gasteiger charge is 2.14. The molecule has 1 aromatic rings. The van der Waals surface area contributed by atoms with Crippen LogP contribution in [0.3, 0.4) is 0 Å². The van der Waals surface area contributed by atoms with Gasteiger partial charge in [0.05, 0.1) is 11.0 Å². The molecule has 6 heteroatoms. The van der Waals surface area contributed by atoms with E-state index in [2.05, 4.69) is 0 Å². The molecule has 0 bridgehead atoms. The Kier molecular flexibility index (Phi) is 3.44. The molecule has 1 aromatic carbocycles. The van der Waals surface area contributed by atoms with Gasteiger partial charge < -0.3 is 10.5 Å². The summed E-state index contributed by atoms with van der Waals surface area (Å²) in [6.45, 7) is 3.09. The summed E-state index contributed by atoms with van der Waals surface area (Å²) in [6, 6.07) is 2.93. The largest absolute Gasteiger partial charge is 0.483 e. The fraction of sp³-hybridized carbons (Fsp3) is 0.300. The molecule has 0 heterocycles. The number of amides is 1. The van der Waals surface area contributed by atoms with Crippen molar-refractivity contribution in [1.29, 1.82) is 0 Å². The molecule has 16 heavy (non-hydrogen) atoms. The summed E-state index contributed by atoms with van der Waals surface area (Å²) >= 11 is 0. The van der Waals surface area contributed by atoms with Crippen LogP contribution in [0, 0.1) is 24.0 Å².